The van der Waals surface area contributed by atoms with Crippen molar-refractivity contribution in [3.8, 4) is 0 Å². The molecule has 0 aromatic heterocycles. The van der Waals surface area contributed by atoms with Crippen LogP contribution in [0.4, 0.5) is 0 Å². The van der Waals surface area contributed by atoms with Gasteiger partial charge >= 0.3 is 0 Å². The van der Waals surface area contributed by atoms with Crippen LogP contribution < -0.4 is 0 Å². The lowest BCUT2D eigenvalue weighted by atomic mass is 10.00. The molecule has 0 saturated heterocycles. The maximum Gasteiger partial charge on any atom is 0.136 e. The van der Waals surface area contributed by atoms with Crippen molar-refractivity contribution in [3.05, 3.63) is 12.7 Å². The van der Waals surface area contributed by atoms with Gasteiger partial charge in [-0.3, -0.25) is 4.79 Å². The largest absolute Gasteiger partial charge is 0.299 e. The molecule has 2 unspecified atom stereocenters. The fourth-order valence-corrected chi connectivity index (χ4v) is 1.81. The molecule has 1 rings (SSSR count). The maximum atomic E-state index is 11.3. The first-order chi connectivity index (χ1) is 5.27. The van der Waals surface area contributed by atoms with Crippen LogP contribution in [0.5, 0.6) is 0 Å². The third-order valence-electron chi connectivity index (χ3n) is 2.48. The number of rotatable bonds is 3. The minimum Gasteiger partial charge on any atom is -0.299 e. The van der Waals surface area contributed by atoms with Crippen LogP contribution in [-0.4, -0.2) is 5.78 Å². The first-order valence-electron chi connectivity index (χ1n) is 4.43. The van der Waals surface area contributed by atoms with Crippen LogP contribution in [-0.2, 0) is 4.79 Å². The van der Waals surface area contributed by atoms with E-state index in [1.54, 1.807) is 0 Å². The molecule has 2 atom stereocenters. The first kappa shape index (κ1) is 8.51. The zero-order valence-corrected chi connectivity index (χ0v) is 7.18. The van der Waals surface area contributed by atoms with E-state index < -0.39 is 0 Å². The summed E-state index contributed by atoms with van der Waals surface area (Å²) in [6, 6.07) is 0. The van der Waals surface area contributed by atoms with Crippen molar-refractivity contribution < 1.29 is 4.79 Å². The van der Waals surface area contributed by atoms with Crippen LogP contribution in [0, 0.1) is 11.8 Å². The van der Waals surface area contributed by atoms with E-state index in [2.05, 4.69) is 13.5 Å². The van der Waals surface area contributed by atoms with Gasteiger partial charge in [0.2, 0.25) is 0 Å². The van der Waals surface area contributed by atoms with Crippen LogP contribution in [0.25, 0.3) is 0 Å². The summed E-state index contributed by atoms with van der Waals surface area (Å²) in [5, 5.41) is 0. The summed E-state index contributed by atoms with van der Waals surface area (Å²) in [5.41, 5.74) is 0. The van der Waals surface area contributed by atoms with Gasteiger partial charge in [-0.25, -0.2) is 0 Å². The fourth-order valence-electron chi connectivity index (χ4n) is 1.81. The summed E-state index contributed by atoms with van der Waals surface area (Å²) in [7, 11) is 0. The smallest absolute Gasteiger partial charge is 0.136 e. The van der Waals surface area contributed by atoms with E-state index in [1.807, 2.05) is 6.08 Å². The van der Waals surface area contributed by atoms with E-state index in [0.29, 0.717) is 17.6 Å². The predicted octanol–water partition coefficient (Wildman–Crippen LogP) is 2.57. The normalized spacial score (nSPS) is 30.8. The Morgan fingerprint density at radius 2 is 2.45 bits per heavy atom. The van der Waals surface area contributed by atoms with Gasteiger partial charge in [0.15, 0.2) is 0 Å². The first-order valence-corrected chi connectivity index (χ1v) is 4.43. The molecule has 0 aromatic carbocycles. The van der Waals surface area contributed by atoms with E-state index >= 15 is 0 Å². The molecule has 0 aliphatic heterocycles. The molecule has 0 heterocycles. The van der Waals surface area contributed by atoms with Crippen molar-refractivity contribution >= 4 is 5.78 Å². The van der Waals surface area contributed by atoms with Crippen molar-refractivity contribution in [1.82, 2.24) is 0 Å². The number of allylic oxidation sites excluding steroid dienone is 1. The molecule has 1 fully saturated rings. The number of carbonyl (C=O) groups is 1. The standard InChI is InChI=1S/C10H16O/c1-3-5-9-6-8(4-2)7-10(9)11/h4,8-9H,2-3,5-7H2,1H3. The third-order valence-corrected chi connectivity index (χ3v) is 2.48. The van der Waals surface area contributed by atoms with Crippen LogP contribution in [0.15, 0.2) is 12.7 Å². The second-order valence-corrected chi connectivity index (χ2v) is 3.39. The molecule has 0 N–H and O–H groups in total. The van der Waals surface area contributed by atoms with Crippen LogP contribution in [0.1, 0.15) is 32.6 Å². The highest BCUT2D eigenvalue weighted by atomic mass is 16.1. The third kappa shape index (κ3) is 1.92. The second-order valence-electron chi connectivity index (χ2n) is 3.39. The Bertz CT molecular complexity index is 160. The minimum atomic E-state index is 0.350. The Kier molecular flexibility index (Phi) is 2.86. The molecule has 0 spiro atoms. The van der Waals surface area contributed by atoms with Crippen LogP contribution >= 0.6 is 0 Å². The molecule has 1 heteroatoms. The molecule has 62 valence electrons. The maximum absolute atomic E-state index is 11.3. The van der Waals surface area contributed by atoms with Gasteiger partial charge in [-0.1, -0.05) is 19.4 Å². The lowest BCUT2D eigenvalue weighted by molar-refractivity contribution is -0.120. The number of ketones is 1. The van der Waals surface area contributed by atoms with Gasteiger partial charge in [-0.05, 0) is 18.8 Å². The van der Waals surface area contributed by atoms with Crippen molar-refractivity contribution in [2.45, 2.75) is 32.6 Å². The van der Waals surface area contributed by atoms with E-state index in [-0.39, 0.29) is 0 Å². The SMILES string of the molecule is C=CC1CC(=O)C(CCC)C1. The molecular formula is C10H16O. The minimum absolute atomic E-state index is 0.350. The predicted molar refractivity (Wildman–Crippen MR) is 46.3 cm³/mol. The van der Waals surface area contributed by atoms with E-state index in [4.69, 9.17) is 0 Å². The molecule has 1 nitrogen and oxygen atoms in total. The summed E-state index contributed by atoms with van der Waals surface area (Å²) in [6.07, 6.45) is 5.92. The van der Waals surface area contributed by atoms with Gasteiger partial charge in [0, 0.05) is 12.3 Å². The summed E-state index contributed by atoms with van der Waals surface area (Å²) in [4.78, 5) is 11.3. The molecule has 0 bridgehead atoms. The van der Waals surface area contributed by atoms with E-state index in [9.17, 15) is 4.79 Å². The van der Waals surface area contributed by atoms with Crippen molar-refractivity contribution in [2.24, 2.45) is 11.8 Å². The highest BCUT2D eigenvalue weighted by Crippen LogP contribution is 2.31. The number of hydrogen-bond acceptors (Lipinski definition) is 1. The molecule has 0 aromatic rings. The molecule has 0 amide bonds. The molecule has 1 aliphatic rings. The quantitative estimate of drug-likeness (QED) is 0.568. The van der Waals surface area contributed by atoms with Gasteiger partial charge < -0.3 is 0 Å². The average molecular weight is 152 g/mol. The molecule has 11 heavy (non-hydrogen) atoms. The topological polar surface area (TPSA) is 17.1 Å². The van der Waals surface area contributed by atoms with Gasteiger partial charge in [0.05, 0.1) is 0 Å². The highest BCUT2D eigenvalue weighted by Gasteiger charge is 2.29. The highest BCUT2D eigenvalue weighted by molar-refractivity contribution is 5.83. The molecular weight excluding hydrogens is 136 g/mol. The zero-order chi connectivity index (χ0) is 8.27. The zero-order valence-electron chi connectivity index (χ0n) is 7.18. The van der Waals surface area contributed by atoms with E-state index in [1.165, 1.54) is 0 Å². The number of hydrogen-bond donors (Lipinski definition) is 0. The second kappa shape index (κ2) is 3.70. The number of carbonyl (C=O) groups excluding carboxylic acids is 1. The Morgan fingerprint density at radius 1 is 1.73 bits per heavy atom. The van der Waals surface area contributed by atoms with Gasteiger partial charge in [0.1, 0.15) is 5.78 Å². The lowest BCUT2D eigenvalue weighted by Gasteiger charge is -2.04. The fraction of sp³-hybridized carbons (Fsp3) is 0.700. The van der Waals surface area contributed by atoms with Gasteiger partial charge in [0.25, 0.3) is 0 Å². The van der Waals surface area contributed by atoms with Crippen LogP contribution in [0.2, 0.25) is 0 Å². The Balaban J connectivity index is 2.44. The lowest BCUT2D eigenvalue weighted by Crippen LogP contribution is -2.04. The van der Waals surface area contributed by atoms with Crippen molar-refractivity contribution in [1.29, 1.82) is 0 Å². The average Bonchev–Trinajstić information content (AvgIpc) is 2.33. The van der Waals surface area contributed by atoms with Crippen molar-refractivity contribution in [3.63, 3.8) is 0 Å². The summed E-state index contributed by atoms with van der Waals surface area (Å²) >= 11 is 0. The van der Waals surface area contributed by atoms with Gasteiger partial charge in [-0.15, -0.1) is 6.58 Å². The number of Topliss-reactive ketones (excluding diaryl/α,β-unsaturated/α-hetero) is 1. The summed E-state index contributed by atoms with van der Waals surface area (Å²) in [6.45, 7) is 5.85. The molecule has 1 saturated carbocycles. The molecule has 0 radical (unpaired) electrons. The Morgan fingerprint density at radius 3 is 2.91 bits per heavy atom. The Labute approximate surface area is 68.5 Å². The molecule has 1 aliphatic carbocycles. The monoisotopic (exact) mass is 152 g/mol. The van der Waals surface area contributed by atoms with Crippen molar-refractivity contribution in [2.75, 3.05) is 0 Å². The summed E-state index contributed by atoms with van der Waals surface area (Å²) in [5.74, 6) is 1.28. The Hall–Kier alpha value is -0.590. The van der Waals surface area contributed by atoms with E-state index in [0.717, 1.165) is 25.7 Å². The summed E-state index contributed by atoms with van der Waals surface area (Å²) < 4.78 is 0. The van der Waals surface area contributed by atoms with Crippen LogP contribution in [0.3, 0.4) is 0 Å². The van der Waals surface area contributed by atoms with Gasteiger partial charge in [-0.2, -0.15) is 0 Å².